The van der Waals surface area contributed by atoms with Gasteiger partial charge in [-0.05, 0) is 24.1 Å². The van der Waals surface area contributed by atoms with Gasteiger partial charge in [-0.2, -0.15) is 5.10 Å². The van der Waals surface area contributed by atoms with Crippen molar-refractivity contribution in [1.82, 2.24) is 14.8 Å². The molecule has 0 aliphatic carbocycles. The molecule has 0 aliphatic heterocycles. The Balaban J connectivity index is 1.48. The van der Waals surface area contributed by atoms with Gasteiger partial charge in [0.25, 0.3) is 5.91 Å². The Morgan fingerprint density at radius 2 is 1.70 bits per heavy atom. The lowest BCUT2D eigenvalue weighted by atomic mass is 10.0. The first-order valence-corrected chi connectivity index (χ1v) is 9.57. The minimum Gasteiger partial charge on any atom is -0.296 e. The number of thiazole rings is 1. The number of nitrogens with zero attached hydrogens (tertiary/aromatic N) is 3. The van der Waals surface area contributed by atoms with Crippen LogP contribution in [0.4, 0.5) is 5.13 Å². The summed E-state index contributed by atoms with van der Waals surface area (Å²) in [4.78, 5) is 16.8. The first-order valence-electron chi connectivity index (χ1n) is 8.69. The Morgan fingerprint density at radius 1 is 1.00 bits per heavy atom. The normalized spacial score (nSPS) is 10.7. The van der Waals surface area contributed by atoms with E-state index in [2.05, 4.69) is 39.7 Å². The maximum Gasteiger partial charge on any atom is 0.277 e. The van der Waals surface area contributed by atoms with E-state index in [0.717, 1.165) is 23.4 Å². The van der Waals surface area contributed by atoms with Crippen molar-refractivity contribution < 1.29 is 4.79 Å². The van der Waals surface area contributed by atoms with E-state index in [4.69, 9.17) is 0 Å². The van der Waals surface area contributed by atoms with E-state index in [1.54, 1.807) is 16.9 Å². The van der Waals surface area contributed by atoms with Crippen LogP contribution in [0.15, 0.2) is 72.2 Å². The van der Waals surface area contributed by atoms with E-state index in [9.17, 15) is 4.79 Å². The first kappa shape index (κ1) is 17.2. The van der Waals surface area contributed by atoms with Crippen LogP contribution in [0, 0.1) is 0 Å². The second-order valence-electron chi connectivity index (χ2n) is 5.99. The zero-order valence-corrected chi connectivity index (χ0v) is 15.6. The van der Waals surface area contributed by atoms with Gasteiger partial charge >= 0.3 is 0 Å². The third-order valence-electron chi connectivity index (χ3n) is 4.21. The molecule has 2 heterocycles. The second-order valence-corrected chi connectivity index (χ2v) is 6.85. The van der Waals surface area contributed by atoms with Crippen molar-refractivity contribution >= 4 is 22.4 Å². The monoisotopic (exact) mass is 374 g/mol. The molecule has 0 atom stereocenters. The maximum atomic E-state index is 12.3. The minimum atomic E-state index is -0.248. The Bertz CT molecular complexity index is 1050. The Kier molecular flexibility index (Phi) is 4.80. The summed E-state index contributed by atoms with van der Waals surface area (Å²) < 4.78 is 1.72. The SMILES string of the molecule is CCn1ccc(C(=O)Nc2nc(-c3ccc(-c4ccccc4)cc3)cs2)n1. The maximum absolute atomic E-state index is 12.3. The number of aromatic nitrogens is 3. The van der Waals surface area contributed by atoms with Gasteiger partial charge in [-0.1, -0.05) is 54.6 Å². The van der Waals surface area contributed by atoms with Crippen molar-refractivity contribution in [2.45, 2.75) is 13.5 Å². The molecule has 0 spiro atoms. The average Bonchev–Trinajstić information content (AvgIpc) is 3.38. The molecule has 0 fully saturated rings. The largest absolute Gasteiger partial charge is 0.296 e. The highest BCUT2D eigenvalue weighted by Gasteiger charge is 2.12. The number of carbonyl (C=O) groups is 1. The number of aryl methyl sites for hydroxylation is 1. The standard InChI is InChI=1S/C21H18N4OS/c1-2-25-13-12-18(24-25)20(26)23-21-22-19(14-27-21)17-10-8-16(9-11-17)15-6-4-3-5-7-15/h3-14H,2H2,1H3,(H,22,23,26). The Hall–Kier alpha value is -3.25. The summed E-state index contributed by atoms with van der Waals surface area (Å²) >= 11 is 1.40. The van der Waals surface area contributed by atoms with Crippen LogP contribution in [0.5, 0.6) is 0 Å². The number of nitrogens with one attached hydrogen (secondary N) is 1. The van der Waals surface area contributed by atoms with Gasteiger partial charge in [0.1, 0.15) is 0 Å². The van der Waals surface area contributed by atoms with Gasteiger partial charge in [0.05, 0.1) is 5.69 Å². The third kappa shape index (κ3) is 3.80. The summed E-state index contributed by atoms with van der Waals surface area (Å²) in [7, 11) is 0. The molecule has 1 N–H and O–H groups in total. The molecular weight excluding hydrogens is 356 g/mol. The molecule has 1 amide bonds. The molecule has 6 heteroatoms. The van der Waals surface area contributed by atoms with Crippen molar-refractivity contribution in [3.8, 4) is 22.4 Å². The number of hydrogen-bond donors (Lipinski definition) is 1. The summed E-state index contributed by atoms with van der Waals surface area (Å²) in [5.74, 6) is -0.248. The van der Waals surface area contributed by atoms with Gasteiger partial charge in [-0.25, -0.2) is 4.98 Å². The number of amides is 1. The van der Waals surface area contributed by atoms with E-state index >= 15 is 0 Å². The quantitative estimate of drug-likeness (QED) is 0.538. The molecular formula is C21H18N4OS. The molecule has 2 aromatic carbocycles. The molecule has 0 radical (unpaired) electrons. The predicted octanol–water partition coefficient (Wildman–Crippen LogP) is 4.95. The molecule has 5 nitrogen and oxygen atoms in total. The van der Waals surface area contributed by atoms with Crippen LogP contribution in [0.1, 0.15) is 17.4 Å². The predicted molar refractivity (Wildman–Crippen MR) is 109 cm³/mol. The zero-order valence-electron chi connectivity index (χ0n) is 14.8. The lowest BCUT2D eigenvalue weighted by Crippen LogP contribution is -2.13. The van der Waals surface area contributed by atoms with E-state index in [1.165, 1.54) is 16.9 Å². The highest BCUT2D eigenvalue weighted by Crippen LogP contribution is 2.27. The topological polar surface area (TPSA) is 59.8 Å². The summed E-state index contributed by atoms with van der Waals surface area (Å²) in [6, 6.07) is 20.2. The molecule has 0 aliphatic rings. The van der Waals surface area contributed by atoms with Crippen molar-refractivity contribution in [2.75, 3.05) is 5.32 Å². The van der Waals surface area contributed by atoms with E-state index in [-0.39, 0.29) is 5.91 Å². The Labute approximate surface area is 161 Å². The average molecular weight is 374 g/mol. The highest BCUT2D eigenvalue weighted by atomic mass is 32.1. The second kappa shape index (κ2) is 7.55. The molecule has 0 saturated carbocycles. The number of hydrogen-bond acceptors (Lipinski definition) is 4. The molecule has 134 valence electrons. The van der Waals surface area contributed by atoms with Crippen LogP contribution in [0.3, 0.4) is 0 Å². The summed E-state index contributed by atoms with van der Waals surface area (Å²) in [5.41, 5.74) is 4.59. The van der Waals surface area contributed by atoms with Crippen LogP contribution in [0.2, 0.25) is 0 Å². The number of carbonyl (C=O) groups excluding carboxylic acids is 1. The molecule has 4 rings (SSSR count). The molecule has 4 aromatic rings. The molecule has 2 aromatic heterocycles. The third-order valence-corrected chi connectivity index (χ3v) is 4.97. The lowest BCUT2D eigenvalue weighted by Gasteiger charge is -2.03. The van der Waals surface area contributed by atoms with Gasteiger partial charge in [-0.15, -0.1) is 11.3 Å². The van der Waals surface area contributed by atoms with E-state index < -0.39 is 0 Å². The van der Waals surface area contributed by atoms with Crippen LogP contribution in [-0.2, 0) is 6.54 Å². The van der Waals surface area contributed by atoms with Gasteiger partial charge in [0.2, 0.25) is 0 Å². The van der Waals surface area contributed by atoms with Gasteiger partial charge in [0, 0.05) is 23.7 Å². The van der Waals surface area contributed by atoms with Crippen LogP contribution in [0.25, 0.3) is 22.4 Å². The van der Waals surface area contributed by atoms with E-state index in [1.807, 2.05) is 42.6 Å². The van der Waals surface area contributed by atoms with Crippen molar-refractivity contribution in [2.24, 2.45) is 0 Å². The zero-order chi connectivity index (χ0) is 18.6. The van der Waals surface area contributed by atoms with Gasteiger partial charge < -0.3 is 0 Å². The molecule has 0 bridgehead atoms. The first-order chi connectivity index (χ1) is 13.2. The number of anilines is 1. The van der Waals surface area contributed by atoms with Crippen LogP contribution in [-0.4, -0.2) is 20.7 Å². The summed E-state index contributed by atoms with van der Waals surface area (Å²) in [6.45, 7) is 2.71. The summed E-state index contributed by atoms with van der Waals surface area (Å²) in [5, 5.41) is 9.53. The van der Waals surface area contributed by atoms with Crippen molar-refractivity contribution in [3.05, 3.63) is 77.9 Å². The fourth-order valence-electron chi connectivity index (χ4n) is 2.75. The Morgan fingerprint density at radius 3 is 2.41 bits per heavy atom. The van der Waals surface area contributed by atoms with Crippen LogP contribution >= 0.6 is 11.3 Å². The summed E-state index contributed by atoms with van der Waals surface area (Å²) in [6.07, 6.45) is 1.79. The smallest absolute Gasteiger partial charge is 0.277 e. The minimum absolute atomic E-state index is 0.248. The van der Waals surface area contributed by atoms with Gasteiger partial charge in [0.15, 0.2) is 10.8 Å². The van der Waals surface area contributed by atoms with Gasteiger partial charge in [-0.3, -0.25) is 14.8 Å². The number of benzene rings is 2. The molecule has 0 unspecified atom stereocenters. The lowest BCUT2D eigenvalue weighted by molar-refractivity contribution is 0.102. The highest BCUT2D eigenvalue weighted by molar-refractivity contribution is 7.14. The molecule has 27 heavy (non-hydrogen) atoms. The fraction of sp³-hybridized carbons (Fsp3) is 0.0952. The van der Waals surface area contributed by atoms with Crippen molar-refractivity contribution in [3.63, 3.8) is 0 Å². The van der Waals surface area contributed by atoms with Crippen LogP contribution < -0.4 is 5.32 Å². The van der Waals surface area contributed by atoms with E-state index in [0.29, 0.717) is 10.8 Å². The number of rotatable bonds is 5. The fourth-order valence-corrected chi connectivity index (χ4v) is 3.46. The molecule has 0 saturated heterocycles. The van der Waals surface area contributed by atoms with Crippen molar-refractivity contribution in [1.29, 1.82) is 0 Å².